The lowest BCUT2D eigenvalue weighted by Crippen LogP contribution is -2.09. The fourth-order valence-corrected chi connectivity index (χ4v) is 2.33. The quantitative estimate of drug-likeness (QED) is 0.739. The SMILES string of the molecule is CCCn1nccc1C(C)CC(C)Br. The molecule has 3 heteroatoms. The van der Waals surface area contributed by atoms with Gasteiger partial charge in [-0.05, 0) is 24.8 Å². The molecule has 2 nitrogen and oxygen atoms in total. The van der Waals surface area contributed by atoms with Crippen molar-refractivity contribution in [1.29, 1.82) is 0 Å². The minimum absolute atomic E-state index is 0.572. The first kappa shape index (κ1) is 11.8. The maximum atomic E-state index is 4.34. The van der Waals surface area contributed by atoms with Gasteiger partial charge in [-0.15, -0.1) is 0 Å². The number of halogens is 1. The van der Waals surface area contributed by atoms with E-state index in [0.29, 0.717) is 10.7 Å². The van der Waals surface area contributed by atoms with E-state index in [9.17, 15) is 0 Å². The summed E-state index contributed by atoms with van der Waals surface area (Å²) in [5.74, 6) is 0.582. The molecule has 0 N–H and O–H groups in total. The molecule has 0 spiro atoms. The minimum atomic E-state index is 0.572. The van der Waals surface area contributed by atoms with Gasteiger partial charge in [-0.2, -0.15) is 5.10 Å². The first-order valence-electron chi connectivity index (χ1n) is 5.31. The summed E-state index contributed by atoms with van der Waals surface area (Å²) in [5.41, 5.74) is 1.36. The van der Waals surface area contributed by atoms with Gasteiger partial charge >= 0.3 is 0 Å². The van der Waals surface area contributed by atoms with Crippen LogP contribution in [0.1, 0.15) is 45.2 Å². The monoisotopic (exact) mass is 258 g/mol. The van der Waals surface area contributed by atoms with Crippen molar-refractivity contribution in [3.05, 3.63) is 18.0 Å². The molecular formula is C11H19BrN2. The summed E-state index contributed by atoms with van der Waals surface area (Å²) in [6, 6.07) is 2.13. The molecule has 1 aromatic rings. The van der Waals surface area contributed by atoms with Crippen LogP contribution in [0.3, 0.4) is 0 Å². The highest BCUT2D eigenvalue weighted by Gasteiger charge is 2.12. The number of aryl methyl sites for hydroxylation is 1. The van der Waals surface area contributed by atoms with Crippen molar-refractivity contribution in [1.82, 2.24) is 9.78 Å². The molecule has 0 radical (unpaired) electrons. The Morgan fingerprint density at radius 1 is 1.50 bits per heavy atom. The molecule has 0 bridgehead atoms. The van der Waals surface area contributed by atoms with E-state index < -0.39 is 0 Å². The molecule has 1 aromatic heterocycles. The van der Waals surface area contributed by atoms with Crippen molar-refractivity contribution in [2.24, 2.45) is 0 Å². The van der Waals surface area contributed by atoms with Crippen molar-refractivity contribution in [3.63, 3.8) is 0 Å². The Morgan fingerprint density at radius 3 is 2.79 bits per heavy atom. The molecule has 2 unspecified atom stereocenters. The molecule has 0 fully saturated rings. The normalized spacial score (nSPS) is 15.4. The maximum absolute atomic E-state index is 4.34. The van der Waals surface area contributed by atoms with Crippen molar-refractivity contribution >= 4 is 15.9 Å². The van der Waals surface area contributed by atoms with Crippen LogP contribution in [0.4, 0.5) is 0 Å². The lowest BCUT2D eigenvalue weighted by Gasteiger charge is -2.14. The lowest BCUT2D eigenvalue weighted by atomic mass is 10.0. The molecule has 0 aromatic carbocycles. The van der Waals surface area contributed by atoms with E-state index in [1.807, 2.05) is 6.20 Å². The summed E-state index contributed by atoms with van der Waals surface area (Å²) in [4.78, 5) is 0.572. The van der Waals surface area contributed by atoms with Crippen LogP contribution in [-0.2, 0) is 6.54 Å². The first-order valence-corrected chi connectivity index (χ1v) is 6.22. The zero-order valence-electron chi connectivity index (χ0n) is 9.20. The molecule has 0 saturated carbocycles. The average Bonchev–Trinajstić information content (AvgIpc) is 2.51. The van der Waals surface area contributed by atoms with Crippen LogP contribution in [0.2, 0.25) is 0 Å². The van der Waals surface area contributed by atoms with Gasteiger partial charge in [0.2, 0.25) is 0 Å². The van der Waals surface area contributed by atoms with Crippen LogP contribution in [0.15, 0.2) is 12.3 Å². The van der Waals surface area contributed by atoms with E-state index in [-0.39, 0.29) is 0 Å². The van der Waals surface area contributed by atoms with Crippen LogP contribution in [0.5, 0.6) is 0 Å². The second-order valence-electron chi connectivity index (χ2n) is 3.90. The Hall–Kier alpha value is -0.310. The van der Waals surface area contributed by atoms with Gasteiger partial charge in [0.05, 0.1) is 0 Å². The van der Waals surface area contributed by atoms with E-state index in [4.69, 9.17) is 0 Å². The number of hydrogen-bond acceptors (Lipinski definition) is 1. The average molecular weight is 259 g/mol. The van der Waals surface area contributed by atoms with Crippen LogP contribution < -0.4 is 0 Å². The summed E-state index contributed by atoms with van der Waals surface area (Å²) in [6.07, 6.45) is 4.21. The highest BCUT2D eigenvalue weighted by molar-refractivity contribution is 9.09. The van der Waals surface area contributed by atoms with E-state index in [1.54, 1.807) is 0 Å². The molecule has 0 aliphatic rings. The fourth-order valence-electron chi connectivity index (χ4n) is 1.77. The van der Waals surface area contributed by atoms with E-state index >= 15 is 0 Å². The molecular weight excluding hydrogens is 240 g/mol. The minimum Gasteiger partial charge on any atom is -0.269 e. The third-order valence-electron chi connectivity index (χ3n) is 2.37. The molecule has 2 atom stereocenters. The summed E-state index contributed by atoms with van der Waals surface area (Å²) in [7, 11) is 0. The van der Waals surface area contributed by atoms with Crippen molar-refractivity contribution in [2.75, 3.05) is 0 Å². The van der Waals surface area contributed by atoms with Crippen molar-refractivity contribution in [2.45, 2.75) is 50.9 Å². The fraction of sp³-hybridized carbons (Fsp3) is 0.727. The summed E-state index contributed by atoms with van der Waals surface area (Å²) < 4.78 is 2.13. The summed E-state index contributed by atoms with van der Waals surface area (Å²) >= 11 is 3.59. The lowest BCUT2D eigenvalue weighted by molar-refractivity contribution is 0.533. The zero-order valence-corrected chi connectivity index (χ0v) is 10.8. The van der Waals surface area contributed by atoms with E-state index in [2.05, 4.69) is 52.5 Å². The zero-order chi connectivity index (χ0) is 10.6. The Balaban J connectivity index is 2.68. The van der Waals surface area contributed by atoms with Gasteiger partial charge in [-0.1, -0.05) is 36.7 Å². The third kappa shape index (κ3) is 3.12. The first-order chi connectivity index (χ1) is 6.65. The van der Waals surface area contributed by atoms with E-state index in [1.165, 1.54) is 5.69 Å². The van der Waals surface area contributed by atoms with Gasteiger partial charge in [-0.25, -0.2) is 0 Å². The Kier molecular flexibility index (Phi) is 4.66. The largest absolute Gasteiger partial charge is 0.269 e. The molecule has 1 heterocycles. The number of rotatable bonds is 5. The van der Waals surface area contributed by atoms with Gasteiger partial charge in [0.1, 0.15) is 0 Å². The number of hydrogen-bond donors (Lipinski definition) is 0. The van der Waals surface area contributed by atoms with Crippen LogP contribution in [0, 0.1) is 0 Å². The van der Waals surface area contributed by atoms with Crippen LogP contribution in [0.25, 0.3) is 0 Å². The molecule has 1 rings (SSSR count). The number of nitrogens with zero attached hydrogens (tertiary/aromatic N) is 2. The predicted molar refractivity (Wildman–Crippen MR) is 63.9 cm³/mol. The number of aromatic nitrogens is 2. The molecule has 0 aliphatic heterocycles. The van der Waals surface area contributed by atoms with Crippen LogP contribution >= 0.6 is 15.9 Å². The second-order valence-corrected chi connectivity index (χ2v) is 5.46. The summed E-state index contributed by atoms with van der Waals surface area (Å²) in [6.45, 7) is 7.67. The topological polar surface area (TPSA) is 17.8 Å². The third-order valence-corrected chi connectivity index (χ3v) is 2.74. The molecule has 0 amide bonds. The van der Waals surface area contributed by atoms with Gasteiger partial charge in [0.25, 0.3) is 0 Å². The summed E-state index contributed by atoms with van der Waals surface area (Å²) in [5, 5.41) is 4.34. The van der Waals surface area contributed by atoms with Crippen molar-refractivity contribution < 1.29 is 0 Å². The molecule has 0 saturated heterocycles. The Bertz CT molecular complexity index is 268. The van der Waals surface area contributed by atoms with Gasteiger partial charge in [-0.3, -0.25) is 4.68 Å². The smallest absolute Gasteiger partial charge is 0.0492 e. The second kappa shape index (κ2) is 5.54. The van der Waals surface area contributed by atoms with E-state index in [0.717, 1.165) is 19.4 Å². The highest BCUT2D eigenvalue weighted by atomic mass is 79.9. The predicted octanol–water partition coefficient (Wildman–Crippen LogP) is 3.57. The maximum Gasteiger partial charge on any atom is 0.0492 e. The Morgan fingerprint density at radius 2 is 2.21 bits per heavy atom. The standard InChI is InChI=1S/C11H19BrN2/c1-4-7-14-11(5-6-13-14)9(2)8-10(3)12/h5-6,9-10H,4,7-8H2,1-3H3. The van der Waals surface area contributed by atoms with Gasteiger partial charge in [0.15, 0.2) is 0 Å². The Labute approximate surface area is 94.8 Å². The van der Waals surface area contributed by atoms with Crippen LogP contribution in [-0.4, -0.2) is 14.6 Å². The molecule has 14 heavy (non-hydrogen) atoms. The van der Waals surface area contributed by atoms with Crippen molar-refractivity contribution in [3.8, 4) is 0 Å². The molecule has 0 aliphatic carbocycles. The van der Waals surface area contributed by atoms with Gasteiger partial charge < -0.3 is 0 Å². The number of alkyl halides is 1. The molecule has 80 valence electrons. The highest BCUT2D eigenvalue weighted by Crippen LogP contribution is 2.23. The van der Waals surface area contributed by atoms with Gasteiger partial charge in [0, 0.05) is 23.3 Å².